The summed E-state index contributed by atoms with van der Waals surface area (Å²) in [6, 6.07) is 2.28. The maximum Gasteiger partial charge on any atom is 0.419 e. The van der Waals surface area contributed by atoms with Crippen LogP contribution in [0.4, 0.5) is 17.6 Å². The first-order valence-corrected chi connectivity index (χ1v) is 5.84. The molecule has 0 fully saturated rings. The van der Waals surface area contributed by atoms with Crippen molar-refractivity contribution in [3.8, 4) is 0 Å². The molecule has 0 heterocycles. The predicted molar refractivity (Wildman–Crippen MR) is 61.5 cm³/mol. The summed E-state index contributed by atoms with van der Waals surface area (Å²) in [5, 5.41) is 0. The van der Waals surface area contributed by atoms with Crippen molar-refractivity contribution < 1.29 is 27.1 Å². The average molecular weight is 278 g/mol. The van der Waals surface area contributed by atoms with Gasteiger partial charge in [-0.25, -0.2) is 4.39 Å². The number of hydrogen-bond donors (Lipinski definition) is 0. The van der Waals surface area contributed by atoms with Crippen LogP contribution in [0.2, 0.25) is 0 Å². The summed E-state index contributed by atoms with van der Waals surface area (Å²) in [5.41, 5.74) is -1.55. The fourth-order valence-electron chi connectivity index (χ4n) is 1.54. The van der Waals surface area contributed by atoms with Gasteiger partial charge >= 0.3 is 6.18 Å². The summed E-state index contributed by atoms with van der Waals surface area (Å²) in [6.45, 7) is 2.69. The minimum absolute atomic E-state index is 0.0724. The molecular formula is C13H14F4O2. The van der Waals surface area contributed by atoms with E-state index in [4.69, 9.17) is 4.74 Å². The van der Waals surface area contributed by atoms with E-state index >= 15 is 0 Å². The Bertz CT molecular complexity index is 441. The van der Waals surface area contributed by atoms with E-state index in [0.29, 0.717) is 31.8 Å². The van der Waals surface area contributed by atoms with Gasteiger partial charge in [-0.3, -0.25) is 4.79 Å². The molecule has 0 atom stereocenters. The standard InChI is InChI=1S/C13H14F4O2/c1-2-19-7-3-4-12(18)9-5-6-11(14)10(8-9)13(15,16)17/h5-6,8H,2-4,7H2,1H3. The molecule has 0 aromatic heterocycles. The van der Waals surface area contributed by atoms with Gasteiger partial charge in [0.1, 0.15) is 5.82 Å². The van der Waals surface area contributed by atoms with Crippen LogP contribution in [-0.4, -0.2) is 19.0 Å². The van der Waals surface area contributed by atoms with Gasteiger partial charge in [-0.05, 0) is 31.5 Å². The van der Waals surface area contributed by atoms with Crippen molar-refractivity contribution in [1.82, 2.24) is 0 Å². The first-order valence-electron chi connectivity index (χ1n) is 5.84. The van der Waals surface area contributed by atoms with Crippen molar-refractivity contribution in [2.45, 2.75) is 25.9 Å². The van der Waals surface area contributed by atoms with Crippen LogP contribution >= 0.6 is 0 Å². The van der Waals surface area contributed by atoms with Gasteiger partial charge in [-0.15, -0.1) is 0 Å². The number of alkyl halides is 3. The van der Waals surface area contributed by atoms with Crippen LogP contribution < -0.4 is 0 Å². The second-order valence-corrected chi connectivity index (χ2v) is 3.92. The number of halogens is 4. The molecule has 6 heteroatoms. The van der Waals surface area contributed by atoms with Gasteiger partial charge in [-0.1, -0.05) is 0 Å². The lowest BCUT2D eigenvalue weighted by molar-refractivity contribution is -0.140. The molecule has 0 aliphatic carbocycles. The Hall–Kier alpha value is -1.43. The normalized spacial score (nSPS) is 11.6. The molecule has 0 bridgehead atoms. The molecule has 0 aliphatic heterocycles. The number of benzene rings is 1. The molecule has 0 amide bonds. The number of ether oxygens (including phenoxy) is 1. The number of carbonyl (C=O) groups is 1. The third kappa shape index (κ3) is 4.63. The van der Waals surface area contributed by atoms with E-state index in [-0.39, 0.29) is 12.0 Å². The lowest BCUT2D eigenvalue weighted by atomic mass is 10.0. The molecule has 0 saturated heterocycles. The number of ketones is 1. The predicted octanol–water partition coefficient (Wildman–Crippen LogP) is 3.84. The Morgan fingerprint density at radius 1 is 1.32 bits per heavy atom. The molecule has 0 aliphatic rings. The average Bonchev–Trinajstić information content (AvgIpc) is 2.33. The van der Waals surface area contributed by atoms with Crippen LogP contribution in [0.1, 0.15) is 35.7 Å². The highest BCUT2D eigenvalue weighted by Gasteiger charge is 2.34. The highest BCUT2D eigenvalue weighted by atomic mass is 19.4. The Kier molecular flexibility index (Phi) is 5.47. The van der Waals surface area contributed by atoms with Crippen molar-refractivity contribution in [1.29, 1.82) is 0 Å². The first kappa shape index (κ1) is 15.6. The van der Waals surface area contributed by atoms with Crippen LogP contribution in [0, 0.1) is 5.82 Å². The van der Waals surface area contributed by atoms with Crippen LogP contribution in [-0.2, 0) is 10.9 Å². The van der Waals surface area contributed by atoms with Crippen LogP contribution in [0.5, 0.6) is 0 Å². The zero-order chi connectivity index (χ0) is 14.5. The van der Waals surface area contributed by atoms with E-state index in [2.05, 4.69) is 0 Å². The second-order valence-electron chi connectivity index (χ2n) is 3.92. The smallest absolute Gasteiger partial charge is 0.382 e. The molecule has 106 valence electrons. The zero-order valence-electron chi connectivity index (χ0n) is 10.4. The molecule has 0 spiro atoms. The quantitative estimate of drug-likeness (QED) is 0.449. The maximum atomic E-state index is 13.0. The highest BCUT2D eigenvalue weighted by molar-refractivity contribution is 5.96. The second kappa shape index (κ2) is 6.65. The van der Waals surface area contributed by atoms with E-state index in [1.54, 1.807) is 6.92 Å². The summed E-state index contributed by atoms with van der Waals surface area (Å²) in [6.07, 6.45) is -4.31. The molecule has 0 radical (unpaired) electrons. The van der Waals surface area contributed by atoms with Crippen molar-refractivity contribution in [2.75, 3.05) is 13.2 Å². The summed E-state index contributed by atoms with van der Waals surface area (Å²) in [7, 11) is 0. The molecule has 19 heavy (non-hydrogen) atoms. The fourth-order valence-corrected chi connectivity index (χ4v) is 1.54. The van der Waals surface area contributed by atoms with Gasteiger partial charge in [0.15, 0.2) is 5.78 Å². The molecule has 1 aromatic carbocycles. The molecular weight excluding hydrogens is 264 g/mol. The van der Waals surface area contributed by atoms with Gasteiger partial charge in [0.25, 0.3) is 0 Å². The van der Waals surface area contributed by atoms with Crippen molar-refractivity contribution in [3.05, 3.63) is 35.1 Å². The number of Topliss-reactive ketones (excluding diaryl/α,β-unsaturated/α-hetero) is 1. The van der Waals surface area contributed by atoms with Crippen molar-refractivity contribution in [3.63, 3.8) is 0 Å². The van der Waals surface area contributed by atoms with Crippen LogP contribution in [0.25, 0.3) is 0 Å². The Labute approximate surface area is 108 Å². The number of carbonyl (C=O) groups excluding carboxylic acids is 1. The van der Waals surface area contributed by atoms with E-state index in [0.717, 1.165) is 6.07 Å². The van der Waals surface area contributed by atoms with E-state index < -0.39 is 23.3 Å². The molecule has 0 unspecified atom stereocenters. The molecule has 2 nitrogen and oxygen atoms in total. The monoisotopic (exact) mass is 278 g/mol. The fraction of sp³-hybridized carbons (Fsp3) is 0.462. The van der Waals surface area contributed by atoms with Gasteiger partial charge in [0, 0.05) is 25.2 Å². The summed E-state index contributed by atoms with van der Waals surface area (Å²) >= 11 is 0. The lowest BCUT2D eigenvalue weighted by Crippen LogP contribution is -2.11. The first-order chi connectivity index (χ1) is 8.86. The van der Waals surface area contributed by atoms with Crippen LogP contribution in [0.15, 0.2) is 18.2 Å². The zero-order valence-corrected chi connectivity index (χ0v) is 10.4. The Balaban J connectivity index is 2.76. The largest absolute Gasteiger partial charge is 0.419 e. The molecule has 1 rings (SSSR count). The van der Waals surface area contributed by atoms with Gasteiger partial charge in [0.05, 0.1) is 5.56 Å². The lowest BCUT2D eigenvalue weighted by Gasteiger charge is -2.09. The van der Waals surface area contributed by atoms with Gasteiger partial charge in [-0.2, -0.15) is 13.2 Å². The third-order valence-electron chi connectivity index (χ3n) is 2.49. The molecule has 0 N–H and O–H groups in total. The van der Waals surface area contributed by atoms with E-state index in [1.807, 2.05) is 0 Å². The third-order valence-corrected chi connectivity index (χ3v) is 2.49. The minimum atomic E-state index is -4.80. The van der Waals surface area contributed by atoms with Gasteiger partial charge in [0.2, 0.25) is 0 Å². The van der Waals surface area contributed by atoms with E-state index in [9.17, 15) is 22.4 Å². The highest BCUT2D eigenvalue weighted by Crippen LogP contribution is 2.32. The Morgan fingerprint density at radius 3 is 2.58 bits per heavy atom. The number of rotatable bonds is 6. The Morgan fingerprint density at radius 2 is 2.00 bits per heavy atom. The minimum Gasteiger partial charge on any atom is -0.382 e. The van der Waals surface area contributed by atoms with Crippen molar-refractivity contribution in [2.24, 2.45) is 0 Å². The topological polar surface area (TPSA) is 26.3 Å². The van der Waals surface area contributed by atoms with Crippen LogP contribution in [0.3, 0.4) is 0 Å². The summed E-state index contributed by atoms with van der Waals surface area (Å²) < 4.78 is 55.5. The SMILES string of the molecule is CCOCCCC(=O)c1ccc(F)c(C(F)(F)F)c1. The van der Waals surface area contributed by atoms with Gasteiger partial charge < -0.3 is 4.74 Å². The summed E-state index contributed by atoms with van der Waals surface area (Å²) in [5.74, 6) is -1.83. The van der Waals surface area contributed by atoms with Crippen molar-refractivity contribution >= 4 is 5.78 Å². The van der Waals surface area contributed by atoms with E-state index in [1.165, 1.54) is 0 Å². The molecule has 1 aromatic rings. The summed E-state index contributed by atoms with van der Waals surface area (Å²) in [4.78, 5) is 11.7. The number of hydrogen-bond acceptors (Lipinski definition) is 2. The molecule has 0 saturated carbocycles. The maximum absolute atomic E-state index is 13.0.